The first-order valence-electron chi connectivity index (χ1n) is 9.63. The van der Waals surface area contributed by atoms with Gasteiger partial charge in [-0.3, -0.25) is 14.4 Å². The van der Waals surface area contributed by atoms with E-state index in [1.807, 2.05) is 24.3 Å². The highest BCUT2D eigenvalue weighted by molar-refractivity contribution is 6.44. The lowest BCUT2D eigenvalue weighted by Gasteiger charge is -2.28. The molecule has 1 amide bonds. The monoisotopic (exact) mass is 413 g/mol. The molecule has 1 fully saturated rings. The summed E-state index contributed by atoms with van der Waals surface area (Å²) in [4.78, 5) is 40.0. The normalized spacial score (nSPS) is 20.4. The van der Waals surface area contributed by atoms with Gasteiger partial charge < -0.3 is 10.0 Å². The maximum atomic E-state index is 13.2. The van der Waals surface area contributed by atoms with Gasteiger partial charge in [-0.25, -0.2) is 0 Å². The summed E-state index contributed by atoms with van der Waals surface area (Å²) in [5.74, 6) is -2.74. The van der Waals surface area contributed by atoms with Crippen molar-refractivity contribution in [2.45, 2.75) is 38.8 Å². The van der Waals surface area contributed by atoms with E-state index in [2.05, 4.69) is 13.8 Å². The molecule has 0 spiro atoms. The van der Waals surface area contributed by atoms with Crippen LogP contribution in [0.3, 0.4) is 0 Å². The predicted octanol–water partition coefficient (Wildman–Crippen LogP) is 3.80. The van der Waals surface area contributed by atoms with Crippen molar-refractivity contribution in [1.29, 1.82) is 0 Å². The fourth-order valence-electron chi connectivity index (χ4n) is 3.71. The highest BCUT2D eigenvalue weighted by atomic mass is 35.5. The zero-order valence-corrected chi connectivity index (χ0v) is 17.4. The van der Waals surface area contributed by atoms with Gasteiger partial charge in [0.15, 0.2) is 5.78 Å². The Morgan fingerprint density at radius 2 is 1.62 bits per heavy atom. The van der Waals surface area contributed by atoms with Crippen LogP contribution in [0, 0.1) is 5.92 Å². The number of benzene rings is 2. The van der Waals surface area contributed by atoms with Crippen LogP contribution < -0.4 is 0 Å². The lowest BCUT2D eigenvalue weighted by Crippen LogP contribution is -2.36. The Bertz CT molecular complexity index is 919. The highest BCUT2D eigenvalue weighted by Gasteiger charge is 2.51. The fraction of sp³-hybridized carbons (Fsp3) is 0.348. The number of β-amino-alcohol motifs (C(OH)–C–C–N with tert-alkyl or cyclic N) is 1. The predicted molar refractivity (Wildman–Crippen MR) is 111 cm³/mol. The zero-order chi connectivity index (χ0) is 21.3. The number of Topliss-reactive ketones (excluding diaryl/α,β-unsaturated/α-hetero) is 2. The van der Waals surface area contributed by atoms with Crippen molar-refractivity contribution < 1.29 is 19.5 Å². The van der Waals surface area contributed by atoms with Crippen LogP contribution in [-0.4, -0.2) is 40.1 Å². The molecule has 0 saturated carbocycles. The molecule has 0 aromatic heterocycles. The smallest absolute Gasteiger partial charge is 0.291 e. The van der Waals surface area contributed by atoms with Crippen LogP contribution in [-0.2, 0) is 9.59 Å². The number of amides is 1. The quantitative estimate of drug-likeness (QED) is 0.444. The van der Waals surface area contributed by atoms with E-state index in [1.54, 1.807) is 31.2 Å². The van der Waals surface area contributed by atoms with E-state index in [4.69, 9.17) is 11.6 Å². The number of hydrogen-bond acceptors (Lipinski definition) is 4. The van der Waals surface area contributed by atoms with Crippen LogP contribution in [0.5, 0.6) is 0 Å². The van der Waals surface area contributed by atoms with Gasteiger partial charge in [0, 0.05) is 17.1 Å². The van der Waals surface area contributed by atoms with Gasteiger partial charge in [-0.05, 0) is 48.2 Å². The number of rotatable bonds is 6. The van der Waals surface area contributed by atoms with Crippen LogP contribution in [0.15, 0.2) is 48.5 Å². The summed E-state index contributed by atoms with van der Waals surface area (Å²) in [6, 6.07) is 13.1. The summed E-state index contributed by atoms with van der Waals surface area (Å²) in [5.41, 5.74) is 2.14. The van der Waals surface area contributed by atoms with Crippen LogP contribution in [0.4, 0.5) is 0 Å². The minimum atomic E-state index is -1.16. The van der Waals surface area contributed by atoms with Crippen molar-refractivity contribution in [3.63, 3.8) is 0 Å². The molecule has 1 heterocycles. The Morgan fingerprint density at radius 1 is 1.03 bits per heavy atom. The van der Waals surface area contributed by atoms with Gasteiger partial charge >= 0.3 is 0 Å². The number of aliphatic hydroxyl groups excluding tert-OH is 1. The molecule has 3 unspecified atom stereocenters. The van der Waals surface area contributed by atoms with E-state index in [9.17, 15) is 19.5 Å². The molecule has 29 heavy (non-hydrogen) atoms. The summed E-state index contributed by atoms with van der Waals surface area (Å²) in [6.07, 6.45) is -0.825. The lowest BCUT2D eigenvalue weighted by atomic mass is 9.85. The van der Waals surface area contributed by atoms with Gasteiger partial charge in [-0.15, -0.1) is 0 Å². The van der Waals surface area contributed by atoms with Crippen molar-refractivity contribution in [2.24, 2.45) is 5.92 Å². The maximum Gasteiger partial charge on any atom is 0.291 e. The molecule has 1 aliphatic heterocycles. The molecule has 2 aromatic carbocycles. The molecule has 0 radical (unpaired) electrons. The van der Waals surface area contributed by atoms with Gasteiger partial charge in [0.2, 0.25) is 5.78 Å². The Hall–Kier alpha value is -2.50. The number of ketones is 2. The number of hydrogen-bond donors (Lipinski definition) is 1. The van der Waals surface area contributed by atoms with Crippen LogP contribution >= 0.6 is 11.6 Å². The standard InChI is InChI=1S/C23H24ClNO4/c1-13(2)15-4-6-16(7-5-15)20-19(21(27)17-8-10-18(24)11-9-17)22(28)23(29)25(20)12-14(3)26/h4-11,13-14,19-20,26H,12H2,1-3H3. The first-order chi connectivity index (χ1) is 13.7. The third-order valence-corrected chi connectivity index (χ3v) is 5.47. The Balaban J connectivity index is 2.05. The minimum Gasteiger partial charge on any atom is -0.392 e. The summed E-state index contributed by atoms with van der Waals surface area (Å²) in [5, 5.41) is 10.3. The number of likely N-dealkylation sites (tertiary alicyclic amines) is 1. The zero-order valence-electron chi connectivity index (χ0n) is 16.6. The molecule has 0 aliphatic carbocycles. The van der Waals surface area contributed by atoms with Gasteiger partial charge in [0.05, 0.1) is 12.1 Å². The maximum absolute atomic E-state index is 13.2. The van der Waals surface area contributed by atoms with Crippen molar-refractivity contribution in [3.05, 3.63) is 70.2 Å². The molecule has 1 aliphatic rings. The summed E-state index contributed by atoms with van der Waals surface area (Å²) < 4.78 is 0. The van der Waals surface area contributed by atoms with Crippen LogP contribution in [0.2, 0.25) is 5.02 Å². The molecule has 3 rings (SSSR count). The molecule has 152 valence electrons. The van der Waals surface area contributed by atoms with E-state index in [0.29, 0.717) is 22.1 Å². The molecule has 2 aromatic rings. The third kappa shape index (κ3) is 4.26. The molecular formula is C23H24ClNO4. The van der Waals surface area contributed by atoms with Crippen LogP contribution in [0.1, 0.15) is 54.2 Å². The summed E-state index contributed by atoms with van der Waals surface area (Å²) >= 11 is 5.90. The average Bonchev–Trinajstić information content (AvgIpc) is 2.92. The second kappa shape index (κ2) is 8.47. The Labute approximate surface area is 175 Å². The number of aliphatic hydroxyl groups is 1. The summed E-state index contributed by atoms with van der Waals surface area (Å²) in [6.45, 7) is 5.67. The van der Waals surface area contributed by atoms with Crippen molar-refractivity contribution >= 4 is 29.1 Å². The van der Waals surface area contributed by atoms with E-state index in [-0.39, 0.29) is 6.54 Å². The van der Waals surface area contributed by atoms with E-state index < -0.39 is 35.5 Å². The highest BCUT2D eigenvalue weighted by Crippen LogP contribution is 2.38. The molecule has 1 saturated heterocycles. The Morgan fingerprint density at radius 3 is 2.14 bits per heavy atom. The molecule has 5 nitrogen and oxygen atoms in total. The molecule has 6 heteroatoms. The second-order valence-corrected chi connectivity index (χ2v) is 8.22. The number of halogens is 1. The van der Waals surface area contributed by atoms with Crippen molar-refractivity contribution in [3.8, 4) is 0 Å². The van der Waals surface area contributed by atoms with Crippen molar-refractivity contribution in [2.75, 3.05) is 6.54 Å². The van der Waals surface area contributed by atoms with E-state index in [0.717, 1.165) is 5.56 Å². The van der Waals surface area contributed by atoms with Gasteiger partial charge in [-0.1, -0.05) is 49.7 Å². The van der Waals surface area contributed by atoms with E-state index >= 15 is 0 Å². The third-order valence-electron chi connectivity index (χ3n) is 5.22. The molecule has 1 N–H and O–H groups in total. The fourth-order valence-corrected chi connectivity index (χ4v) is 3.84. The summed E-state index contributed by atoms with van der Waals surface area (Å²) in [7, 11) is 0. The van der Waals surface area contributed by atoms with Gasteiger partial charge in [0.25, 0.3) is 5.91 Å². The first-order valence-corrected chi connectivity index (χ1v) is 10.0. The van der Waals surface area contributed by atoms with E-state index in [1.165, 1.54) is 4.90 Å². The van der Waals surface area contributed by atoms with Crippen molar-refractivity contribution in [1.82, 2.24) is 4.90 Å². The minimum absolute atomic E-state index is 0.0223. The van der Waals surface area contributed by atoms with Gasteiger partial charge in [-0.2, -0.15) is 0 Å². The Kier molecular flexibility index (Phi) is 6.20. The number of carbonyl (C=O) groups is 3. The number of carbonyl (C=O) groups excluding carboxylic acids is 3. The lowest BCUT2D eigenvalue weighted by molar-refractivity contribution is -0.141. The molecule has 3 atom stereocenters. The first kappa shape index (κ1) is 21.2. The second-order valence-electron chi connectivity index (χ2n) is 7.79. The van der Waals surface area contributed by atoms with Crippen LogP contribution in [0.25, 0.3) is 0 Å². The topological polar surface area (TPSA) is 74.7 Å². The average molecular weight is 414 g/mol. The number of nitrogens with zero attached hydrogens (tertiary/aromatic N) is 1. The molecular weight excluding hydrogens is 390 g/mol. The van der Waals surface area contributed by atoms with Gasteiger partial charge in [0.1, 0.15) is 5.92 Å². The SMILES string of the molecule is CC(O)CN1C(=O)C(=O)C(C(=O)c2ccc(Cl)cc2)C1c1ccc(C(C)C)cc1. The largest absolute Gasteiger partial charge is 0.392 e. The molecule has 0 bridgehead atoms.